The highest BCUT2D eigenvalue weighted by atomic mass is 32.2. The molecule has 0 aliphatic carbocycles. The van der Waals surface area contributed by atoms with Crippen molar-refractivity contribution in [1.29, 1.82) is 0 Å². The molecule has 0 aliphatic heterocycles. The van der Waals surface area contributed by atoms with Crippen molar-refractivity contribution in [3.63, 3.8) is 0 Å². The third-order valence-electron chi connectivity index (χ3n) is 3.95. The minimum atomic E-state index is -4.02. The van der Waals surface area contributed by atoms with Crippen LogP contribution in [0.15, 0.2) is 71.6 Å². The Morgan fingerprint density at radius 2 is 1.55 bits per heavy atom. The van der Waals surface area contributed by atoms with E-state index in [0.29, 0.717) is 0 Å². The Morgan fingerprint density at radius 3 is 2.28 bits per heavy atom. The molecule has 2 N–H and O–H groups in total. The van der Waals surface area contributed by atoms with Crippen LogP contribution in [0.3, 0.4) is 0 Å². The maximum absolute atomic E-state index is 13.6. The number of halogens is 3. The number of amides is 1. The predicted molar refractivity (Wildman–Crippen MR) is 101 cm³/mol. The standard InChI is InChI=1S/C20H15F3N2O3S/c21-15-4-7-17(8-5-15)25-29(27,28)18-3-1-2-13(11-18)20(26)24-12-14-10-16(22)6-9-19(14)23/h1-11,25H,12H2,(H,24,26). The summed E-state index contributed by atoms with van der Waals surface area (Å²) < 4.78 is 67.1. The molecule has 150 valence electrons. The summed E-state index contributed by atoms with van der Waals surface area (Å²) in [5.41, 5.74) is 0.131. The van der Waals surface area contributed by atoms with Gasteiger partial charge in [-0.25, -0.2) is 21.6 Å². The Hall–Kier alpha value is -3.33. The summed E-state index contributed by atoms with van der Waals surface area (Å²) in [6.07, 6.45) is 0. The molecular formula is C20H15F3N2O3S. The molecule has 0 fully saturated rings. The molecule has 0 heterocycles. The van der Waals surface area contributed by atoms with Crippen LogP contribution in [0, 0.1) is 17.5 Å². The van der Waals surface area contributed by atoms with Crippen molar-refractivity contribution in [2.75, 3.05) is 4.72 Å². The number of carbonyl (C=O) groups excluding carboxylic acids is 1. The first-order valence-electron chi connectivity index (χ1n) is 8.35. The fourth-order valence-electron chi connectivity index (χ4n) is 2.49. The highest BCUT2D eigenvalue weighted by molar-refractivity contribution is 7.92. The minimum Gasteiger partial charge on any atom is -0.348 e. The van der Waals surface area contributed by atoms with Crippen LogP contribution >= 0.6 is 0 Å². The van der Waals surface area contributed by atoms with E-state index < -0.39 is 33.4 Å². The molecule has 0 bridgehead atoms. The first kappa shape index (κ1) is 20.4. The van der Waals surface area contributed by atoms with Gasteiger partial charge in [0.1, 0.15) is 17.5 Å². The van der Waals surface area contributed by atoms with E-state index in [1.165, 1.54) is 30.3 Å². The molecule has 0 atom stereocenters. The van der Waals surface area contributed by atoms with Crippen LogP contribution in [0.5, 0.6) is 0 Å². The van der Waals surface area contributed by atoms with Gasteiger partial charge in [-0.15, -0.1) is 0 Å². The van der Waals surface area contributed by atoms with Gasteiger partial charge in [0.2, 0.25) is 0 Å². The number of hydrogen-bond donors (Lipinski definition) is 2. The first-order chi connectivity index (χ1) is 13.7. The second kappa shape index (κ2) is 8.36. The van der Waals surface area contributed by atoms with Gasteiger partial charge in [0.15, 0.2) is 0 Å². The van der Waals surface area contributed by atoms with Crippen LogP contribution in [0.1, 0.15) is 15.9 Å². The SMILES string of the molecule is O=C(NCc1cc(F)ccc1F)c1cccc(S(=O)(=O)Nc2ccc(F)cc2)c1. The van der Waals surface area contributed by atoms with E-state index in [1.54, 1.807) is 0 Å². The molecule has 3 aromatic rings. The zero-order valence-corrected chi connectivity index (χ0v) is 15.6. The molecule has 3 aromatic carbocycles. The normalized spacial score (nSPS) is 11.1. The molecule has 5 nitrogen and oxygen atoms in total. The van der Waals surface area contributed by atoms with Crippen molar-refractivity contribution in [3.05, 3.63) is 95.3 Å². The first-order valence-corrected chi connectivity index (χ1v) is 9.83. The molecule has 0 spiro atoms. The highest BCUT2D eigenvalue weighted by Gasteiger charge is 2.17. The summed E-state index contributed by atoms with van der Waals surface area (Å²) >= 11 is 0. The van der Waals surface area contributed by atoms with Crippen molar-refractivity contribution in [2.45, 2.75) is 11.4 Å². The number of benzene rings is 3. The molecule has 0 saturated carbocycles. The molecular weight excluding hydrogens is 405 g/mol. The van der Waals surface area contributed by atoms with Gasteiger partial charge in [-0.2, -0.15) is 0 Å². The monoisotopic (exact) mass is 420 g/mol. The summed E-state index contributed by atoms with van der Waals surface area (Å²) in [6, 6.07) is 12.8. The lowest BCUT2D eigenvalue weighted by Gasteiger charge is -2.10. The molecule has 3 rings (SSSR count). The summed E-state index contributed by atoms with van der Waals surface area (Å²) in [6.45, 7) is -0.271. The van der Waals surface area contributed by atoms with Crippen LogP contribution < -0.4 is 10.0 Å². The minimum absolute atomic E-state index is 0.0174. The molecule has 1 amide bonds. The van der Waals surface area contributed by atoms with Gasteiger partial charge in [0, 0.05) is 23.4 Å². The molecule has 0 aliphatic rings. The van der Waals surface area contributed by atoms with E-state index in [2.05, 4.69) is 10.0 Å². The maximum Gasteiger partial charge on any atom is 0.261 e. The van der Waals surface area contributed by atoms with Gasteiger partial charge in [-0.05, 0) is 60.7 Å². The van der Waals surface area contributed by atoms with Crippen LogP contribution in [0.4, 0.5) is 18.9 Å². The van der Waals surface area contributed by atoms with Crippen LogP contribution in [0.2, 0.25) is 0 Å². The Labute approximate surface area is 165 Å². The van der Waals surface area contributed by atoms with Gasteiger partial charge in [-0.1, -0.05) is 6.07 Å². The second-order valence-electron chi connectivity index (χ2n) is 6.06. The second-order valence-corrected chi connectivity index (χ2v) is 7.74. The van der Waals surface area contributed by atoms with Crippen molar-refractivity contribution >= 4 is 21.6 Å². The van der Waals surface area contributed by atoms with E-state index in [-0.39, 0.29) is 28.3 Å². The third kappa shape index (κ3) is 5.14. The number of anilines is 1. The number of sulfonamides is 1. The lowest BCUT2D eigenvalue weighted by molar-refractivity contribution is 0.0950. The summed E-state index contributed by atoms with van der Waals surface area (Å²) in [5, 5.41) is 2.42. The van der Waals surface area contributed by atoms with Gasteiger partial charge >= 0.3 is 0 Å². The van der Waals surface area contributed by atoms with Gasteiger partial charge in [-0.3, -0.25) is 9.52 Å². The molecule has 9 heteroatoms. The van der Waals surface area contributed by atoms with Crippen LogP contribution in [-0.2, 0) is 16.6 Å². The largest absolute Gasteiger partial charge is 0.348 e. The quantitative estimate of drug-likeness (QED) is 0.636. The Balaban J connectivity index is 1.75. The average Bonchev–Trinajstić information content (AvgIpc) is 2.70. The fourth-order valence-corrected chi connectivity index (χ4v) is 3.60. The van der Waals surface area contributed by atoms with Gasteiger partial charge in [0.05, 0.1) is 4.90 Å². The van der Waals surface area contributed by atoms with Gasteiger partial charge in [0.25, 0.3) is 15.9 Å². The number of hydrogen-bond acceptors (Lipinski definition) is 3. The lowest BCUT2D eigenvalue weighted by atomic mass is 10.2. The van der Waals surface area contributed by atoms with Crippen molar-refractivity contribution < 1.29 is 26.4 Å². The maximum atomic E-state index is 13.6. The molecule has 0 saturated heterocycles. The van der Waals surface area contributed by atoms with E-state index >= 15 is 0 Å². The zero-order chi connectivity index (χ0) is 21.0. The van der Waals surface area contributed by atoms with Gasteiger partial charge < -0.3 is 5.32 Å². The Bertz CT molecular complexity index is 1150. The van der Waals surface area contributed by atoms with Crippen LogP contribution in [0.25, 0.3) is 0 Å². The lowest BCUT2D eigenvalue weighted by Crippen LogP contribution is -2.24. The predicted octanol–water partition coefficient (Wildman–Crippen LogP) is 3.83. The summed E-state index contributed by atoms with van der Waals surface area (Å²) in [7, 11) is -4.02. The Kier molecular flexibility index (Phi) is 5.88. The zero-order valence-electron chi connectivity index (χ0n) is 14.8. The average molecular weight is 420 g/mol. The van der Waals surface area contributed by atoms with Crippen molar-refractivity contribution in [2.24, 2.45) is 0 Å². The number of nitrogens with one attached hydrogen (secondary N) is 2. The summed E-state index contributed by atoms with van der Waals surface area (Å²) in [4.78, 5) is 12.1. The highest BCUT2D eigenvalue weighted by Crippen LogP contribution is 2.18. The fraction of sp³-hybridized carbons (Fsp3) is 0.0500. The molecule has 0 radical (unpaired) electrons. The smallest absolute Gasteiger partial charge is 0.261 e. The van der Waals surface area contributed by atoms with E-state index in [1.807, 2.05) is 0 Å². The third-order valence-corrected chi connectivity index (χ3v) is 5.33. The number of carbonyl (C=O) groups is 1. The van der Waals surface area contributed by atoms with Crippen molar-refractivity contribution in [1.82, 2.24) is 5.32 Å². The van der Waals surface area contributed by atoms with E-state index in [0.717, 1.165) is 36.4 Å². The molecule has 29 heavy (non-hydrogen) atoms. The topological polar surface area (TPSA) is 75.3 Å². The van der Waals surface area contributed by atoms with E-state index in [4.69, 9.17) is 0 Å². The van der Waals surface area contributed by atoms with Crippen molar-refractivity contribution in [3.8, 4) is 0 Å². The molecule has 0 unspecified atom stereocenters. The number of rotatable bonds is 6. The summed E-state index contributed by atoms with van der Waals surface area (Å²) in [5.74, 6) is -2.49. The van der Waals surface area contributed by atoms with Crippen LogP contribution in [-0.4, -0.2) is 14.3 Å². The molecule has 0 aromatic heterocycles. The van der Waals surface area contributed by atoms with E-state index in [9.17, 15) is 26.4 Å². The Morgan fingerprint density at radius 1 is 0.862 bits per heavy atom.